The van der Waals surface area contributed by atoms with Crippen LogP contribution in [0, 0.1) is 0 Å². The molecule has 0 aliphatic carbocycles. The zero-order valence-corrected chi connectivity index (χ0v) is 19.8. The van der Waals surface area contributed by atoms with Crippen molar-refractivity contribution in [2.75, 3.05) is 47.1 Å². The molecule has 0 atom stereocenters. The first-order valence-corrected chi connectivity index (χ1v) is 11.7. The van der Waals surface area contributed by atoms with Crippen molar-refractivity contribution >= 4 is 5.91 Å². The zero-order chi connectivity index (χ0) is 23.3. The van der Waals surface area contributed by atoms with Crippen LogP contribution in [0.2, 0.25) is 0 Å². The highest BCUT2D eigenvalue weighted by Gasteiger charge is 2.18. The molecule has 1 aliphatic heterocycles. The largest absolute Gasteiger partial charge is 0.497 e. The van der Waals surface area contributed by atoms with Crippen molar-refractivity contribution in [1.29, 1.82) is 0 Å². The van der Waals surface area contributed by atoms with Crippen LogP contribution >= 0.6 is 0 Å². The summed E-state index contributed by atoms with van der Waals surface area (Å²) in [6.07, 6.45) is 3.24. The minimum atomic E-state index is 0.0118. The summed E-state index contributed by atoms with van der Waals surface area (Å²) in [7, 11) is 3.78. The van der Waals surface area contributed by atoms with Crippen LogP contribution in [-0.2, 0) is 16.1 Å². The SMILES string of the molecule is COc1ccc(OCCCC(=O)NCc2cccc(OCCN(C)C3CCOCC3)c2)cc1. The minimum Gasteiger partial charge on any atom is -0.497 e. The van der Waals surface area contributed by atoms with E-state index < -0.39 is 0 Å². The molecule has 1 aliphatic rings. The number of benzene rings is 2. The first kappa shape index (κ1) is 24.9. The molecule has 0 aromatic heterocycles. The van der Waals surface area contributed by atoms with Gasteiger partial charge in [-0.25, -0.2) is 0 Å². The average molecular weight is 457 g/mol. The Morgan fingerprint density at radius 2 is 1.76 bits per heavy atom. The molecule has 7 nitrogen and oxygen atoms in total. The zero-order valence-electron chi connectivity index (χ0n) is 19.8. The van der Waals surface area contributed by atoms with E-state index in [1.54, 1.807) is 7.11 Å². The van der Waals surface area contributed by atoms with Gasteiger partial charge in [-0.05, 0) is 68.3 Å². The van der Waals surface area contributed by atoms with E-state index in [0.717, 1.165) is 55.4 Å². The predicted octanol–water partition coefficient (Wildman–Crippen LogP) is 3.66. The lowest BCUT2D eigenvalue weighted by Crippen LogP contribution is -2.38. The molecule has 180 valence electrons. The van der Waals surface area contributed by atoms with Crippen LogP contribution in [0.4, 0.5) is 0 Å². The lowest BCUT2D eigenvalue weighted by molar-refractivity contribution is -0.121. The van der Waals surface area contributed by atoms with Crippen molar-refractivity contribution in [3.63, 3.8) is 0 Å². The number of likely N-dealkylation sites (N-methyl/N-ethyl adjacent to an activating group) is 1. The van der Waals surface area contributed by atoms with Crippen LogP contribution in [-0.4, -0.2) is 64.0 Å². The van der Waals surface area contributed by atoms with Gasteiger partial charge in [-0.1, -0.05) is 12.1 Å². The molecule has 2 aromatic rings. The second-order valence-corrected chi connectivity index (χ2v) is 8.22. The van der Waals surface area contributed by atoms with Crippen LogP contribution in [0.3, 0.4) is 0 Å². The Morgan fingerprint density at radius 1 is 1.03 bits per heavy atom. The highest BCUT2D eigenvalue weighted by atomic mass is 16.5. The Bertz CT molecular complexity index is 837. The van der Waals surface area contributed by atoms with Gasteiger partial charge in [-0.3, -0.25) is 9.69 Å². The second kappa shape index (κ2) is 13.7. The van der Waals surface area contributed by atoms with Gasteiger partial charge >= 0.3 is 0 Å². The number of methoxy groups -OCH3 is 1. The molecule has 0 bridgehead atoms. The normalized spacial score (nSPS) is 14.2. The fourth-order valence-electron chi connectivity index (χ4n) is 3.74. The minimum absolute atomic E-state index is 0.0118. The van der Waals surface area contributed by atoms with E-state index >= 15 is 0 Å². The summed E-state index contributed by atoms with van der Waals surface area (Å²) in [5.41, 5.74) is 1.02. The Hall–Kier alpha value is -2.77. The summed E-state index contributed by atoms with van der Waals surface area (Å²) in [5, 5.41) is 2.97. The lowest BCUT2D eigenvalue weighted by atomic mass is 10.1. The van der Waals surface area contributed by atoms with Crippen molar-refractivity contribution in [3.05, 3.63) is 54.1 Å². The molecule has 0 radical (unpaired) electrons. The summed E-state index contributed by atoms with van der Waals surface area (Å²) in [4.78, 5) is 14.5. The molecule has 0 saturated carbocycles. The van der Waals surface area contributed by atoms with Gasteiger partial charge in [0.1, 0.15) is 23.9 Å². The van der Waals surface area contributed by atoms with Crippen LogP contribution < -0.4 is 19.5 Å². The maximum Gasteiger partial charge on any atom is 0.220 e. The first-order chi connectivity index (χ1) is 16.1. The molecule has 1 N–H and O–H groups in total. The Kier molecular flexibility index (Phi) is 10.3. The molecule has 1 saturated heterocycles. The summed E-state index contributed by atoms with van der Waals surface area (Å²) in [5.74, 6) is 2.40. The number of ether oxygens (including phenoxy) is 4. The van der Waals surface area contributed by atoms with Crippen molar-refractivity contribution < 1.29 is 23.7 Å². The van der Waals surface area contributed by atoms with E-state index in [2.05, 4.69) is 17.3 Å². The van der Waals surface area contributed by atoms with E-state index in [1.165, 1.54) is 0 Å². The maximum absolute atomic E-state index is 12.2. The van der Waals surface area contributed by atoms with E-state index in [1.807, 2.05) is 48.5 Å². The fourth-order valence-corrected chi connectivity index (χ4v) is 3.74. The van der Waals surface area contributed by atoms with Crippen molar-refractivity contribution in [3.8, 4) is 17.2 Å². The molecule has 33 heavy (non-hydrogen) atoms. The topological polar surface area (TPSA) is 69.3 Å². The Balaban J connectivity index is 1.30. The summed E-state index contributed by atoms with van der Waals surface area (Å²) >= 11 is 0. The van der Waals surface area contributed by atoms with Crippen molar-refractivity contribution in [2.45, 2.75) is 38.3 Å². The van der Waals surface area contributed by atoms with Gasteiger partial charge in [0.05, 0.1) is 13.7 Å². The molecule has 1 fully saturated rings. The Labute approximate surface area is 197 Å². The fraction of sp³-hybridized carbons (Fsp3) is 0.500. The number of hydrogen-bond donors (Lipinski definition) is 1. The van der Waals surface area contributed by atoms with Crippen LogP contribution in [0.5, 0.6) is 17.2 Å². The third-order valence-electron chi connectivity index (χ3n) is 5.79. The van der Waals surface area contributed by atoms with Crippen LogP contribution in [0.1, 0.15) is 31.2 Å². The van der Waals surface area contributed by atoms with Gasteiger partial charge in [-0.15, -0.1) is 0 Å². The third kappa shape index (κ3) is 8.94. The molecule has 1 heterocycles. The second-order valence-electron chi connectivity index (χ2n) is 8.22. The predicted molar refractivity (Wildman–Crippen MR) is 128 cm³/mol. The standard InChI is InChI=1S/C26H36N2O5/c1-28(22-12-16-31-17-13-22)14-18-33-25-6-3-5-21(19-25)20-27-26(29)7-4-15-32-24-10-8-23(30-2)9-11-24/h3,5-6,8-11,19,22H,4,7,12-18,20H2,1-2H3,(H,27,29). The van der Waals surface area contributed by atoms with Crippen molar-refractivity contribution in [2.24, 2.45) is 0 Å². The molecule has 0 spiro atoms. The smallest absolute Gasteiger partial charge is 0.220 e. The number of carbonyl (C=O) groups is 1. The van der Waals surface area contributed by atoms with Gasteiger partial charge in [0.25, 0.3) is 0 Å². The average Bonchev–Trinajstić information content (AvgIpc) is 2.86. The van der Waals surface area contributed by atoms with Gasteiger partial charge in [0.2, 0.25) is 5.91 Å². The first-order valence-electron chi connectivity index (χ1n) is 11.7. The van der Waals surface area contributed by atoms with Crippen LogP contribution in [0.25, 0.3) is 0 Å². The van der Waals surface area contributed by atoms with Crippen LogP contribution in [0.15, 0.2) is 48.5 Å². The van der Waals surface area contributed by atoms with Gasteiger partial charge in [0, 0.05) is 38.8 Å². The lowest BCUT2D eigenvalue weighted by Gasteiger charge is -2.31. The molecule has 1 amide bonds. The highest BCUT2D eigenvalue weighted by Crippen LogP contribution is 2.17. The summed E-state index contributed by atoms with van der Waals surface area (Å²) in [6, 6.07) is 15.9. The quantitative estimate of drug-likeness (QED) is 0.464. The maximum atomic E-state index is 12.2. The van der Waals surface area contributed by atoms with Gasteiger partial charge in [0.15, 0.2) is 0 Å². The van der Waals surface area contributed by atoms with Gasteiger partial charge in [-0.2, -0.15) is 0 Å². The third-order valence-corrected chi connectivity index (χ3v) is 5.79. The molecule has 3 rings (SSSR count). The number of carbonyl (C=O) groups excluding carboxylic acids is 1. The van der Waals surface area contributed by atoms with E-state index in [4.69, 9.17) is 18.9 Å². The highest BCUT2D eigenvalue weighted by molar-refractivity contribution is 5.75. The summed E-state index contributed by atoms with van der Waals surface area (Å²) < 4.78 is 22.2. The number of hydrogen-bond acceptors (Lipinski definition) is 6. The molecule has 0 unspecified atom stereocenters. The number of amides is 1. The Morgan fingerprint density at radius 3 is 2.52 bits per heavy atom. The summed E-state index contributed by atoms with van der Waals surface area (Å²) in [6.45, 7) is 4.18. The van der Waals surface area contributed by atoms with E-state index in [0.29, 0.717) is 38.6 Å². The molecule has 2 aromatic carbocycles. The van der Waals surface area contributed by atoms with Crippen molar-refractivity contribution in [1.82, 2.24) is 10.2 Å². The van der Waals surface area contributed by atoms with E-state index in [-0.39, 0.29) is 5.91 Å². The van der Waals surface area contributed by atoms with Gasteiger partial charge < -0.3 is 24.3 Å². The van der Waals surface area contributed by atoms with E-state index in [9.17, 15) is 4.79 Å². The molecular weight excluding hydrogens is 420 g/mol. The molecular formula is C26H36N2O5. The number of nitrogens with one attached hydrogen (secondary N) is 1. The number of rotatable bonds is 13. The molecule has 7 heteroatoms. The number of nitrogens with zero attached hydrogens (tertiary/aromatic N) is 1. The monoisotopic (exact) mass is 456 g/mol.